The highest BCUT2D eigenvalue weighted by molar-refractivity contribution is 5.77. The van der Waals surface area contributed by atoms with Gasteiger partial charge in [0.15, 0.2) is 0 Å². The van der Waals surface area contributed by atoms with E-state index in [-0.39, 0.29) is 37.6 Å². The monoisotopic (exact) mass is 507 g/mol. The third-order valence-electron chi connectivity index (χ3n) is 5.30. The molecule has 1 fully saturated rings. The van der Waals surface area contributed by atoms with Gasteiger partial charge in [0, 0.05) is 26.2 Å². The Morgan fingerprint density at radius 1 is 0.714 bits per heavy atom. The second kappa shape index (κ2) is 19.8. The zero-order valence-corrected chi connectivity index (χ0v) is 21.6. The van der Waals surface area contributed by atoms with Gasteiger partial charge in [-0.2, -0.15) is 0 Å². The molecule has 1 rings (SSSR count). The molecule has 1 saturated carbocycles. The second-order valence-corrected chi connectivity index (χ2v) is 8.32. The van der Waals surface area contributed by atoms with Crippen molar-refractivity contribution in [1.29, 1.82) is 0 Å². The maximum atomic E-state index is 12.5. The fraction of sp³-hybridized carbons (Fsp3) is 0.917. The molecule has 0 atom stereocenters. The lowest BCUT2D eigenvalue weighted by atomic mass is 9.92. The first kappa shape index (κ1) is 31.7. The SMILES string of the molecule is CCOCC(COCC)(COCC)NC(=O)CCOCCOC1CC(OCCOCCC(=O)O)C1. The van der Waals surface area contributed by atoms with Gasteiger partial charge in [-0.05, 0) is 33.6 Å². The largest absolute Gasteiger partial charge is 0.481 e. The molecule has 11 nitrogen and oxygen atoms in total. The summed E-state index contributed by atoms with van der Waals surface area (Å²) in [4.78, 5) is 22.9. The van der Waals surface area contributed by atoms with Crippen molar-refractivity contribution in [2.45, 2.75) is 64.2 Å². The topological polar surface area (TPSA) is 131 Å². The van der Waals surface area contributed by atoms with E-state index in [4.69, 9.17) is 38.3 Å². The lowest BCUT2D eigenvalue weighted by Crippen LogP contribution is -2.58. The molecule has 0 aromatic heterocycles. The van der Waals surface area contributed by atoms with E-state index in [0.29, 0.717) is 72.7 Å². The Morgan fingerprint density at radius 3 is 1.60 bits per heavy atom. The maximum absolute atomic E-state index is 12.5. The zero-order chi connectivity index (χ0) is 25.8. The van der Waals surface area contributed by atoms with Crippen molar-refractivity contribution in [2.24, 2.45) is 0 Å². The Bertz CT molecular complexity index is 535. The van der Waals surface area contributed by atoms with Crippen LogP contribution in [0.3, 0.4) is 0 Å². The van der Waals surface area contributed by atoms with Crippen LogP contribution in [0.1, 0.15) is 46.5 Å². The van der Waals surface area contributed by atoms with Crippen LogP contribution in [0.2, 0.25) is 0 Å². The van der Waals surface area contributed by atoms with E-state index >= 15 is 0 Å². The first-order valence-corrected chi connectivity index (χ1v) is 12.6. The molecule has 11 heteroatoms. The average Bonchev–Trinajstić information content (AvgIpc) is 2.81. The number of carbonyl (C=O) groups is 2. The van der Waals surface area contributed by atoms with Crippen LogP contribution in [0.5, 0.6) is 0 Å². The van der Waals surface area contributed by atoms with Crippen LogP contribution in [0, 0.1) is 0 Å². The summed E-state index contributed by atoms with van der Waals surface area (Å²) >= 11 is 0. The first-order chi connectivity index (χ1) is 16.9. The Kier molecular flexibility index (Phi) is 17.9. The normalized spacial score (nSPS) is 17.8. The smallest absolute Gasteiger partial charge is 0.305 e. The molecule has 206 valence electrons. The van der Waals surface area contributed by atoms with E-state index in [2.05, 4.69) is 5.32 Å². The summed E-state index contributed by atoms with van der Waals surface area (Å²) in [7, 11) is 0. The Hall–Kier alpha value is -1.34. The summed E-state index contributed by atoms with van der Waals surface area (Å²) in [6.07, 6.45) is 2.16. The third kappa shape index (κ3) is 15.4. The summed E-state index contributed by atoms with van der Waals surface area (Å²) in [6.45, 7) is 10.5. The molecule has 1 aliphatic rings. The number of carboxylic acid groups (broad SMARTS) is 1. The number of nitrogens with one attached hydrogen (secondary N) is 1. The van der Waals surface area contributed by atoms with Crippen LogP contribution >= 0.6 is 0 Å². The van der Waals surface area contributed by atoms with Gasteiger partial charge in [-0.15, -0.1) is 0 Å². The Labute approximate surface area is 209 Å². The van der Waals surface area contributed by atoms with Crippen molar-refractivity contribution >= 4 is 11.9 Å². The molecular weight excluding hydrogens is 462 g/mol. The maximum Gasteiger partial charge on any atom is 0.305 e. The fourth-order valence-corrected chi connectivity index (χ4v) is 3.35. The molecule has 0 radical (unpaired) electrons. The molecule has 1 amide bonds. The summed E-state index contributed by atoms with van der Waals surface area (Å²) in [5.41, 5.74) is -0.727. The van der Waals surface area contributed by atoms with E-state index in [1.165, 1.54) is 0 Å². The van der Waals surface area contributed by atoms with Crippen LogP contribution in [-0.4, -0.2) is 114 Å². The Balaban J connectivity index is 2.11. The van der Waals surface area contributed by atoms with Gasteiger partial charge in [0.2, 0.25) is 5.91 Å². The quantitative estimate of drug-likeness (QED) is 0.185. The first-order valence-electron chi connectivity index (χ1n) is 12.6. The second-order valence-electron chi connectivity index (χ2n) is 8.32. The predicted molar refractivity (Wildman–Crippen MR) is 128 cm³/mol. The van der Waals surface area contributed by atoms with Crippen LogP contribution in [-0.2, 0) is 42.7 Å². The molecule has 1 aliphatic carbocycles. The molecule has 0 unspecified atom stereocenters. The molecule has 0 aromatic rings. The van der Waals surface area contributed by atoms with Crippen molar-refractivity contribution < 1.29 is 47.9 Å². The standard InChI is InChI=1S/C24H45NO10/c1-4-29-17-24(18-30-5-2,19-31-6-3)25-22(26)7-9-32-11-13-34-20-15-21(16-20)35-14-12-33-10-8-23(27)28/h20-21H,4-19H2,1-3H3,(H,25,26)(H,27,28). The van der Waals surface area contributed by atoms with Gasteiger partial charge in [-0.3, -0.25) is 9.59 Å². The van der Waals surface area contributed by atoms with E-state index in [1.807, 2.05) is 20.8 Å². The molecule has 35 heavy (non-hydrogen) atoms. The van der Waals surface area contributed by atoms with Crippen molar-refractivity contribution in [3.8, 4) is 0 Å². The van der Waals surface area contributed by atoms with E-state index < -0.39 is 11.5 Å². The number of aliphatic carboxylic acids is 1. The number of hydrogen-bond donors (Lipinski definition) is 2. The third-order valence-corrected chi connectivity index (χ3v) is 5.30. The highest BCUT2D eigenvalue weighted by Gasteiger charge is 2.33. The molecule has 0 spiro atoms. The molecule has 0 bridgehead atoms. The van der Waals surface area contributed by atoms with Gasteiger partial charge < -0.3 is 43.6 Å². The molecule has 0 aromatic carbocycles. The highest BCUT2D eigenvalue weighted by Crippen LogP contribution is 2.26. The van der Waals surface area contributed by atoms with Crippen LogP contribution in [0.4, 0.5) is 0 Å². The van der Waals surface area contributed by atoms with Crippen LogP contribution < -0.4 is 5.32 Å². The molecular formula is C24H45NO10. The minimum atomic E-state index is -0.869. The van der Waals surface area contributed by atoms with Gasteiger partial charge in [0.25, 0.3) is 0 Å². The number of rotatable bonds is 24. The summed E-state index contributed by atoms with van der Waals surface area (Å²) in [5.74, 6) is -1.01. The highest BCUT2D eigenvalue weighted by atomic mass is 16.5. The van der Waals surface area contributed by atoms with Crippen LogP contribution in [0.15, 0.2) is 0 Å². The summed E-state index contributed by atoms with van der Waals surface area (Å²) < 4.78 is 38.9. The predicted octanol–water partition coefficient (Wildman–Crippen LogP) is 1.41. The number of ether oxygens (including phenoxy) is 7. The fourth-order valence-electron chi connectivity index (χ4n) is 3.35. The number of amides is 1. The minimum Gasteiger partial charge on any atom is -0.481 e. The molecule has 0 aliphatic heterocycles. The van der Waals surface area contributed by atoms with Gasteiger partial charge in [-0.1, -0.05) is 0 Å². The Morgan fingerprint density at radius 2 is 1.17 bits per heavy atom. The van der Waals surface area contributed by atoms with Gasteiger partial charge in [-0.25, -0.2) is 0 Å². The van der Waals surface area contributed by atoms with Crippen molar-refractivity contribution in [2.75, 3.05) is 79.3 Å². The number of carboxylic acids is 1. The van der Waals surface area contributed by atoms with Gasteiger partial charge >= 0.3 is 5.97 Å². The summed E-state index contributed by atoms with van der Waals surface area (Å²) in [5, 5.41) is 11.6. The van der Waals surface area contributed by atoms with E-state index in [0.717, 1.165) is 12.8 Å². The molecule has 2 N–H and O–H groups in total. The lowest BCUT2D eigenvalue weighted by molar-refractivity contribution is -0.139. The van der Waals surface area contributed by atoms with Crippen molar-refractivity contribution in [1.82, 2.24) is 5.32 Å². The van der Waals surface area contributed by atoms with Gasteiger partial charge in [0.05, 0.1) is 78.1 Å². The number of hydrogen-bond acceptors (Lipinski definition) is 9. The lowest BCUT2D eigenvalue weighted by Gasteiger charge is -2.34. The summed E-state index contributed by atoms with van der Waals surface area (Å²) in [6, 6.07) is 0. The molecule has 0 saturated heterocycles. The average molecular weight is 508 g/mol. The molecule has 0 heterocycles. The van der Waals surface area contributed by atoms with Gasteiger partial charge in [0.1, 0.15) is 5.54 Å². The number of carbonyl (C=O) groups excluding carboxylic acids is 1. The van der Waals surface area contributed by atoms with Crippen molar-refractivity contribution in [3.05, 3.63) is 0 Å². The van der Waals surface area contributed by atoms with E-state index in [1.54, 1.807) is 0 Å². The zero-order valence-electron chi connectivity index (χ0n) is 21.6. The van der Waals surface area contributed by atoms with Crippen molar-refractivity contribution in [3.63, 3.8) is 0 Å². The van der Waals surface area contributed by atoms with Crippen LogP contribution in [0.25, 0.3) is 0 Å². The minimum absolute atomic E-state index is 0.00260. The van der Waals surface area contributed by atoms with E-state index in [9.17, 15) is 9.59 Å².